The van der Waals surface area contributed by atoms with Gasteiger partial charge in [0, 0.05) is 18.2 Å². The van der Waals surface area contributed by atoms with Crippen LogP contribution in [0.1, 0.15) is 63.4 Å². The summed E-state index contributed by atoms with van der Waals surface area (Å²) in [6.45, 7) is 10.4. The van der Waals surface area contributed by atoms with Gasteiger partial charge in [-0.25, -0.2) is 8.42 Å². The van der Waals surface area contributed by atoms with E-state index in [-0.39, 0.29) is 34.8 Å². The number of hydrogen-bond donors (Lipinski definition) is 1. The number of carbonyl (C=O) groups excluding carboxylic acids is 2. The van der Waals surface area contributed by atoms with Crippen molar-refractivity contribution in [3.8, 4) is 0 Å². The fraction of sp³-hybridized carbons (Fsp3) is 0.619. The van der Waals surface area contributed by atoms with Gasteiger partial charge < -0.3 is 10.2 Å². The molecule has 1 aromatic carbocycles. The Morgan fingerprint density at radius 2 is 1.82 bits per heavy atom. The topological polar surface area (TPSA) is 83.6 Å². The van der Waals surface area contributed by atoms with Gasteiger partial charge in [0.05, 0.1) is 11.5 Å². The molecular formula is C21H32N2O4S. The van der Waals surface area contributed by atoms with E-state index in [0.717, 1.165) is 12.0 Å². The van der Waals surface area contributed by atoms with E-state index in [4.69, 9.17) is 0 Å². The number of hydrogen-bond acceptors (Lipinski definition) is 4. The molecule has 0 bridgehead atoms. The first-order chi connectivity index (χ1) is 12.9. The summed E-state index contributed by atoms with van der Waals surface area (Å²) in [7, 11) is -3.08. The van der Waals surface area contributed by atoms with Crippen molar-refractivity contribution in [2.75, 3.05) is 18.1 Å². The van der Waals surface area contributed by atoms with E-state index in [1.54, 1.807) is 24.0 Å². The quantitative estimate of drug-likeness (QED) is 0.784. The largest absolute Gasteiger partial charge is 0.341 e. The number of carbonyl (C=O) groups is 2. The summed E-state index contributed by atoms with van der Waals surface area (Å²) in [6.07, 6.45) is 1.19. The zero-order valence-electron chi connectivity index (χ0n) is 17.5. The maximum absolute atomic E-state index is 12.9. The molecular weight excluding hydrogens is 376 g/mol. The molecule has 0 aromatic heterocycles. The molecule has 28 heavy (non-hydrogen) atoms. The standard InChI is InChI=1S/C21H32N2O4S/c1-6-12-23(18-11-13-28(26,27)14-18)20(25)15(2)22-19(24)16-7-9-17(10-8-16)21(3,4)5/h7-10,15,18H,6,11-14H2,1-5H3,(H,22,24). The molecule has 1 fully saturated rings. The molecule has 2 unspecified atom stereocenters. The predicted molar refractivity (Wildman–Crippen MR) is 111 cm³/mol. The Kier molecular flexibility index (Phi) is 6.91. The minimum Gasteiger partial charge on any atom is -0.341 e. The summed E-state index contributed by atoms with van der Waals surface area (Å²) >= 11 is 0. The summed E-state index contributed by atoms with van der Waals surface area (Å²) < 4.78 is 23.6. The lowest BCUT2D eigenvalue weighted by Crippen LogP contribution is -2.51. The summed E-state index contributed by atoms with van der Waals surface area (Å²) in [5, 5.41) is 2.76. The van der Waals surface area contributed by atoms with Crippen LogP contribution in [0.5, 0.6) is 0 Å². The van der Waals surface area contributed by atoms with Crippen molar-refractivity contribution in [1.29, 1.82) is 0 Å². The first kappa shape index (κ1) is 22.4. The Balaban J connectivity index is 2.06. The minimum atomic E-state index is -3.08. The molecule has 0 radical (unpaired) electrons. The van der Waals surface area contributed by atoms with Crippen molar-refractivity contribution in [3.63, 3.8) is 0 Å². The van der Waals surface area contributed by atoms with E-state index in [1.165, 1.54) is 0 Å². The molecule has 0 spiro atoms. The van der Waals surface area contributed by atoms with E-state index >= 15 is 0 Å². The highest BCUT2D eigenvalue weighted by molar-refractivity contribution is 7.91. The monoisotopic (exact) mass is 408 g/mol. The third kappa shape index (κ3) is 5.56. The highest BCUT2D eigenvalue weighted by atomic mass is 32.2. The fourth-order valence-electron chi connectivity index (χ4n) is 3.45. The average molecular weight is 409 g/mol. The van der Waals surface area contributed by atoms with E-state index in [0.29, 0.717) is 18.5 Å². The molecule has 1 aliphatic heterocycles. The Hall–Kier alpha value is -1.89. The molecule has 156 valence electrons. The van der Waals surface area contributed by atoms with Crippen molar-refractivity contribution < 1.29 is 18.0 Å². The first-order valence-corrected chi connectivity index (χ1v) is 11.7. The Morgan fingerprint density at radius 3 is 2.29 bits per heavy atom. The van der Waals surface area contributed by atoms with Crippen LogP contribution in [0.15, 0.2) is 24.3 Å². The second-order valence-corrected chi connectivity index (χ2v) is 10.8. The van der Waals surface area contributed by atoms with Gasteiger partial charge in [-0.3, -0.25) is 9.59 Å². The van der Waals surface area contributed by atoms with Gasteiger partial charge in [0.15, 0.2) is 9.84 Å². The van der Waals surface area contributed by atoms with Gasteiger partial charge in [0.25, 0.3) is 5.91 Å². The minimum absolute atomic E-state index is 0.000532. The van der Waals surface area contributed by atoms with Crippen LogP contribution in [0.25, 0.3) is 0 Å². The van der Waals surface area contributed by atoms with Crippen LogP contribution in [-0.2, 0) is 20.0 Å². The summed E-state index contributed by atoms with van der Waals surface area (Å²) in [5.74, 6) is -0.417. The highest BCUT2D eigenvalue weighted by Gasteiger charge is 2.36. The van der Waals surface area contributed by atoms with Crippen molar-refractivity contribution in [2.45, 2.75) is 65.0 Å². The zero-order chi connectivity index (χ0) is 21.1. The number of benzene rings is 1. The van der Waals surface area contributed by atoms with Crippen LogP contribution in [0.3, 0.4) is 0 Å². The highest BCUT2D eigenvalue weighted by Crippen LogP contribution is 2.22. The maximum atomic E-state index is 12.9. The molecule has 2 rings (SSSR count). The molecule has 2 atom stereocenters. The van der Waals surface area contributed by atoms with Crippen molar-refractivity contribution >= 4 is 21.7 Å². The summed E-state index contributed by atoms with van der Waals surface area (Å²) in [5.41, 5.74) is 1.63. The lowest BCUT2D eigenvalue weighted by Gasteiger charge is -2.30. The average Bonchev–Trinajstić information content (AvgIpc) is 2.97. The molecule has 1 aromatic rings. The molecule has 1 heterocycles. The van der Waals surface area contributed by atoms with Crippen molar-refractivity contribution in [2.24, 2.45) is 0 Å². The van der Waals surface area contributed by atoms with Crippen LogP contribution < -0.4 is 5.32 Å². The van der Waals surface area contributed by atoms with Gasteiger partial charge in [-0.05, 0) is 42.9 Å². The predicted octanol–water partition coefficient (Wildman–Crippen LogP) is 2.53. The smallest absolute Gasteiger partial charge is 0.251 e. The molecule has 0 saturated carbocycles. The number of nitrogens with zero attached hydrogens (tertiary/aromatic N) is 1. The number of rotatable bonds is 6. The molecule has 7 heteroatoms. The van der Waals surface area contributed by atoms with Gasteiger partial charge in [-0.1, -0.05) is 39.8 Å². The summed E-state index contributed by atoms with van der Waals surface area (Å²) in [4.78, 5) is 27.1. The lowest BCUT2D eigenvalue weighted by atomic mass is 9.86. The first-order valence-electron chi connectivity index (χ1n) is 9.87. The summed E-state index contributed by atoms with van der Waals surface area (Å²) in [6, 6.07) is 6.36. The zero-order valence-corrected chi connectivity index (χ0v) is 18.3. The second kappa shape index (κ2) is 8.64. The normalized spacial score (nSPS) is 19.8. The maximum Gasteiger partial charge on any atom is 0.251 e. The molecule has 2 amide bonds. The molecule has 1 saturated heterocycles. The van der Waals surface area contributed by atoms with Gasteiger partial charge in [-0.2, -0.15) is 0 Å². The lowest BCUT2D eigenvalue weighted by molar-refractivity contribution is -0.134. The Morgan fingerprint density at radius 1 is 1.21 bits per heavy atom. The van der Waals surface area contributed by atoms with Crippen molar-refractivity contribution in [3.05, 3.63) is 35.4 Å². The van der Waals surface area contributed by atoms with E-state index in [1.807, 2.05) is 19.1 Å². The third-order valence-electron chi connectivity index (χ3n) is 5.13. The van der Waals surface area contributed by atoms with Gasteiger partial charge in [-0.15, -0.1) is 0 Å². The van der Waals surface area contributed by atoms with E-state index in [9.17, 15) is 18.0 Å². The second-order valence-electron chi connectivity index (χ2n) is 8.61. The van der Waals surface area contributed by atoms with Crippen LogP contribution >= 0.6 is 0 Å². The van der Waals surface area contributed by atoms with Gasteiger partial charge in [0.1, 0.15) is 6.04 Å². The molecule has 1 aliphatic rings. The molecule has 6 nitrogen and oxygen atoms in total. The van der Waals surface area contributed by atoms with Crippen LogP contribution in [0, 0.1) is 0 Å². The van der Waals surface area contributed by atoms with Crippen molar-refractivity contribution in [1.82, 2.24) is 10.2 Å². The van der Waals surface area contributed by atoms with Crippen LogP contribution in [-0.4, -0.2) is 55.3 Å². The Labute approximate surface area is 168 Å². The van der Waals surface area contributed by atoms with Gasteiger partial charge in [0.2, 0.25) is 5.91 Å². The number of sulfone groups is 1. The molecule has 1 N–H and O–H groups in total. The SMILES string of the molecule is CCCN(C(=O)C(C)NC(=O)c1ccc(C(C)(C)C)cc1)C1CCS(=O)(=O)C1. The van der Waals surface area contributed by atoms with E-state index < -0.39 is 15.9 Å². The van der Waals surface area contributed by atoms with Crippen LogP contribution in [0.4, 0.5) is 0 Å². The Bertz CT molecular complexity index is 810. The van der Waals surface area contributed by atoms with Crippen LogP contribution in [0.2, 0.25) is 0 Å². The fourth-order valence-corrected chi connectivity index (χ4v) is 5.18. The number of nitrogens with one attached hydrogen (secondary N) is 1. The van der Waals surface area contributed by atoms with E-state index in [2.05, 4.69) is 26.1 Å². The number of amides is 2. The van der Waals surface area contributed by atoms with Gasteiger partial charge >= 0.3 is 0 Å². The third-order valence-corrected chi connectivity index (χ3v) is 6.88. The molecule has 0 aliphatic carbocycles.